The van der Waals surface area contributed by atoms with E-state index in [1.807, 2.05) is 6.07 Å². The van der Waals surface area contributed by atoms with Crippen molar-refractivity contribution in [3.63, 3.8) is 0 Å². The van der Waals surface area contributed by atoms with Crippen LogP contribution in [0.25, 0.3) is 10.2 Å². The van der Waals surface area contributed by atoms with Crippen molar-refractivity contribution in [3.05, 3.63) is 59.7 Å². The predicted octanol–water partition coefficient (Wildman–Crippen LogP) is 3.82. The summed E-state index contributed by atoms with van der Waals surface area (Å²) in [6.45, 7) is 1.96. The van der Waals surface area contributed by atoms with Crippen molar-refractivity contribution >= 4 is 26.7 Å². The molecule has 0 radical (unpaired) electrons. The first-order valence-electron chi connectivity index (χ1n) is 6.07. The number of benzene rings is 2. The van der Waals surface area contributed by atoms with Gasteiger partial charge >= 0.3 is 0 Å². The second kappa shape index (κ2) is 3.82. The van der Waals surface area contributed by atoms with E-state index < -0.39 is 0 Å². The fourth-order valence-electron chi connectivity index (χ4n) is 2.46. The molecule has 0 atom stereocenters. The Morgan fingerprint density at radius 2 is 1.56 bits per heavy atom. The van der Waals surface area contributed by atoms with Gasteiger partial charge in [0, 0.05) is 13.1 Å². The number of para-hydroxylation sites is 1. The highest BCUT2D eigenvalue weighted by Gasteiger charge is 2.20. The summed E-state index contributed by atoms with van der Waals surface area (Å²) < 4.78 is 1.27. The molecular weight excluding hydrogens is 240 g/mol. The molecule has 2 nitrogen and oxygen atoms in total. The first-order valence-corrected chi connectivity index (χ1v) is 6.89. The molecule has 18 heavy (non-hydrogen) atoms. The molecule has 3 heteroatoms. The van der Waals surface area contributed by atoms with Gasteiger partial charge in [0.25, 0.3) is 0 Å². The zero-order valence-electron chi connectivity index (χ0n) is 9.84. The van der Waals surface area contributed by atoms with Crippen LogP contribution < -0.4 is 4.90 Å². The summed E-state index contributed by atoms with van der Waals surface area (Å²) in [5.74, 6) is 0. The SMILES string of the molecule is c1ccc2c(c1)CN(c1nc3ccccc3s1)C2. The van der Waals surface area contributed by atoms with Crippen molar-refractivity contribution in [1.82, 2.24) is 4.98 Å². The molecule has 0 spiro atoms. The first-order chi connectivity index (χ1) is 8.90. The maximum atomic E-state index is 4.72. The Morgan fingerprint density at radius 3 is 2.28 bits per heavy atom. The van der Waals surface area contributed by atoms with Crippen LogP contribution in [0.4, 0.5) is 5.13 Å². The van der Waals surface area contributed by atoms with Crippen molar-refractivity contribution in [2.75, 3.05) is 4.90 Å². The molecule has 1 aromatic heterocycles. The standard InChI is InChI=1S/C15H12N2S/c1-2-6-12-10-17(9-11(12)5-1)15-16-13-7-3-4-8-14(13)18-15/h1-8H,9-10H2. The van der Waals surface area contributed by atoms with E-state index >= 15 is 0 Å². The Morgan fingerprint density at radius 1 is 0.889 bits per heavy atom. The minimum Gasteiger partial charge on any atom is -0.339 e. The number of hydrogen-bond donors (Lipinski definition) is 0. The van der Waals surface area contributed by atoms with E-state index in [0.29, 0.717) is 0 Å². The quantitative estimate of drug-likeness (QED) is 0.654. The summed E-state index contributed by atoms with van der Waals surface area (Å²) in [5, 5.41) is 1.13. The van der Waals surface area contributed by atoms with Crippen LogP contribution in [0.15, 0.2) is 48.5 Å². The van der Waals surface area contributed by atoms with Gasteiger partial charge < -0.3 is 4.90 Å². The fourth-order valence-corrected chi connectivity index (χ4v) is 3.43. The topological polar surface area (TPSA) is 16.1 Å². The van der Waals surface area contributed by atoms with Crippen molar-refractivity contribution < 1.29 is 0 Å². The molecule has 88 valence electrons. The van der Waals surface area contributed by atoms with Gasteiger partial charge in [0.1, 0.15) is 0 Å². The minimum atomic E-state index is 0.982. The van der Waals surface area contributed by atoms with Gasteiger partial charge in [0.15, 0.2) is 5.13 Å². The number of thiazole rings is 1. The molecule has 0 unspecified atom stereocenters. The molecule has 4 rings (SSSR count). The average Bonchev–Trinajstić information content (AvgIpc) is 3.02. The monoisotopic (exact) mass is 252 g/mol. The molecule has 0 fully saturated rings. The van der Waals surface area contributed by atoms with Gasteiger partial charge in [-0.3, -0.25) is 0 Å². The highest BCUT2D eigenvalue weighted by Crippen LogP contribution is 2.33. The van der Waals surface area contributed by atoms with Crippen molar-refractivity contribution in [1.29, 1.82) is 0 Å². The molecule has 0 N–H and O–H groups in total. The number of hydrogen-bond acceptors (Lipinski definition) is 3. The van der Waals surface area contributed by atoms with Crippen LogP contribution >= 0.6 is 11.3 Å². The van der Waals surface area contributed by atoms with Gasteiger partial charge in [0.2, 0.25) is 0 Å². The van der Waals surface area contributed by atoms with Crippen LogP contribution in [0.3, 0.4) is 0 Å². The second-order valence-corrected chi connectivity index (χ2v) is 5.60. The molecule has 2 aromatic carbocycles. The summed E-state index contributed by atoms with van der Waals surface area (Å²) in [6.07, 6.45) is 0. The highest BCUT2D eigenvalue weighted by atomic mass is 32.1. The number of aromatic nitrogens is 1. The number of nitrogens with zero attached hydrogens (tertiary/aromatic N) is 2. The molecule has 1 aliphatic heterocycles. The largest absolute Gasteiger partial charge is 0.339 e. The Labute approximate surface area is 110 Å². The van der Waals surface area contributed by atoms with Crippen molar-refractivity contribution in [3.8, 4) is 0 Å². The van der Waals surface area contributed by atoms with Crippen LogP contribution in [0.1, 0.15) is 11.1 Å². The van der Waals surface area contributed by atoms with E-state index in [9.17, 15) is 0 Å². The Balaban J connectivity index is 1.73. The molecule has 0 aliphatic carbocycles. The lowest BCUT2D eigenvalue weighted by Gasteiger charge is -2.12. The van der Waals surface area contributed by atoms with E-state index in [-0.39, 0.29) is 0 Å². The third-order valence-corrected chi connectivity index (χ3v) is 4.49. The summed E-state index contributed by atoms with van der Waals surface area (Å²) >= 11 is 1.78. The first kappa shape index (κ1) is 10.1. The van der Waals surface area contributed by atoms with E-state index in [2.05, 4.69) is 47.4 Å². The third kappa shape index (κ3) is 1.51. The lowest BCUT2D eigenvalue weighted by Crippen LogP contribution is -2.13. The smallest absolute Gasteiger partial charge is 0.187 e. The van der Waals surface area contributed by atoms with E-state index in [1.54, 1.807) is 11.3 Å². The summed E-state index contributed by atoms with van der Waals surface area (Å²) in [7, 11) is 0. The summed E-state index contributed by atoms with van der Waals surface area (Å²) in [5.41, 5.74) is 3.96. The van der Waals surface area contributed by atoms with E-state index in [1.165, 1.54) is 15.8 Å². The summed E-state index contributed by atoms with van der Waals surface area (Å²) in [6, 6.07) is 17.0. The minimum absolute atomic E-state index is 0.982. The normalized spacial score (nSPS) is 14.1. The maximum Gasteiger partial charge on any atom is 0.187 e. The molecule has 0 saturated carbocycles. The van der Waals surface area contributed by atoms with Crippen molar-refractivity contribution in [2.24, 2.45) is 0 Å². The van der Waals surface area contributed by atoms with Crippen LogP contribution in [0.2, 0.25) is 0 Å². The number of fused-ring (bicyclic) bond motifs is 2. The molecular formula is C15H12N2S. The fraction of sp³-hybridized carbons (Fsp3) is 0.133. The second-order valence-electron chi connectivity index (χ2n) is 4.59. The van der Waals surface area contributed by atoms with Gasteiger partial charge in [-0.1, -0.05) is 47.7 Å². The molecule has 0 bridgehead atoms. The average molecular weight is 252 g/mol. The molecule has 0 saturated heterocycles. The van der Waals surface area contributed by atoms with Gasteiger partial charge in [-0.2, -0.15) is 0 Å². The Bertz CT molecular complexity index is 659. The Hall–Kier alpha value is -1.87. The Kier molecular flexibility index (Phi) is 2.14. The molecule has 3 aromatic rings. The number of anilines is 1. The highest BCUT2D eigenvalue weighted by molar-refractivity contribution is 7.22. The molecule has 2 heterocycles. The zero-order valence-corrected chi connectivity index (χ0v) is 10.7. The van der Waals surface area contributed by atoms with Crippen LogP contribution in [0, 0.1) is 0 Å². The predicted molar refractivity (Wildman–Crippen MR) is 75.9 cm³/mol. The van der Waals surface area contributed by atoms with Gasteiger partial charge in [-0.25, -0.2) is 4.98 Å². The van der Waals surface area contributed by atoms with Crippen LogP contribution in [-0.2, 0) is 13.1 Å². The number of rotatable bonds is 1. The maximum absolute atomic E-state index is 4.72. The van der Waals surface area contributed by atoms with Crippen LogP contribution in [-0.4, -0.2) is 4.98 Å². The van der Waals surface area contributed by atoms with Crippen LogP contribution in [0.5, 0.6) is 0 Å². The van der Waals surface area contributed by atoms with Gasteiger partial charge in [-0.15, -0.1) is 0 Å². The molecule has 0 amide bonds. The van der Waals surface area contributed by atoms with E-state index in [4.69, 9.17) is 4.98 Å². The van der Waals surface area contributed by atoms with Gasteiger partial charge in [0.05, 0.1) is 10.2 Å². The van der Waals surface area contributed by atoms with Gasteiger partial charge in [-0.05, 0) is 23.3 Å². The lowest BCUT2D eigenvalue weighted by molar-refractivity contribution is 0.875. The molecule has 1 aliphatic rings. The lowest BCUT2D eigenvalue weighted by atomic mass is 10.1. The summed E-state index contributed by atoms with van der Waals surface area (Å²) in [4.78, 5) is 7.08. The zero-order chi connectivity index (χ0) is 11.9. The van der Waals surface area contributed by atoms with E-state index in [0.717, 1.165) is 23.7 Å². The third-order valence-electron chi connectivity index (χ3n) is 3.39. The van der Waals surface area contributed by atoms with Crippen molar-refractivity contribution in [2.45, 2.75) is 13.1 Å².